The minimum atomic E-state index is -1.03. The van der Waals surface area contributed by atoms with Crippen LogP contribution in [0, 0.1) is 0 Å². The van der Waals surface area contributed by atoms with Crippen molar-refractivity contribution in [1.29, 1.82) is 0 Å². The number of hydrogen-bond acceptors (Lipinski definition) is 5. The molecule has 1 atom stereocenters. The summed E-state index contributed by atoms with van der Waals surface area (Å²) in [7, 11) is 0. The molecule has 3 heterocycles. The van der Waals surface area contributed by atoms with Crippen molar-refractivity contribution < 1.29 is 15.0 Å². The van der Waals surface area contributed by atoms with Crippen LogP contribution >= 0.6 is 0 Å². The van der Waals surface area contributed by atoms with Gasteiger partial charge in [-0.25, -0.2) is 9.78 Å². The van der Waals surface area contributed by atoms with Gasteiger partial charge in [-0.2, -0.15) is 5.10 Å². The van der Waals surface area contributed by atoms with Gasteiger partial charge in [0.25, 0.3) is 0 Å². The minimum absolute atomic E-state index is 0. The number of aromatic nitrogens is 5. The van der Waals surface area contributed by atoms with E-state index in [0.29, 0.717) is 18.7 Å². The van der Waals surface area contributed by atoms with E-state index >= 15 is 0 Å². The van der Waals surface area contributed by atoms with Gasteiger partial charge < -0.3 is 14.8 Å². The molecular formula is C17H18LiN5O3. The van der Waals surface area contributed by atoms with E-state index in [-0.39, 0.29) is 31.1 Å². The molecular weight excluding hydrogens is 329 g/mol. The Morgan fingerprint density at radius 2 is 2.08 bits per heavy atom. The zero-order valence-electron chi connectivity index (χ0n) is 13.4. The summed E-state index contributed by atoms with van der Waals surface area (Å²) in [5.41, 5.74) is 3.54. The number of carboxylic acid groups (broad SMARTS) is 1. The Bertz CT molecular complexity index is 923. The third-order valence-corrected chi connectivity index (χ3v) is 4.42. The van der Waals surface area contributed by atoms with Gasteiger partial charge in [-0.1, -0.05) is 0 Å². The van der Waals surface area contributed by atoms with Crippen molar-refractivity contribution in [3.05, 3.63) is 54.0 Å². The van der Waals surface area contributed by atoms with Gasteiger partial charge in [-0.05, 0) is 24.5 Å². The number of aliphatic hydroxyl groups excluding tert-OH is 1. The quantitative estimate of drug-likeness (QED) is 0.645. The molecule has 0 saturated carbocycles. The molecule has 2 N–H and O–H groups in total. The summed E-state index contributed by atoms with van der Waals surface area (Å²) in [6.07, 6.45) is 9.04. The number of carbonyl (C=O) groups is 1. The molecule has 0 fully saturated rings. The number of pyridine rings is 1. The van der Waals surface area contributed by atoms with E-state index in [1.54, 1.807) is 35.7 Å². The second kappa shape index (κ2) is 7.46. The second-order valence-corrected chi connectivity index (χ2v) is 6.11. The van der Waals surface area contributed by atoms with Gasteiger partial charge in [0.1, 0.15) is 5.69 Å². The van der Waals surface area contributed by atoms with Crippen molar-refractivity contribution in [3.8, 4) is 11.3 Å². The van der Waals surface area contributed by atoms with E-state index in [4.69, 9.17) is 0 Å². The Hall–Kier alpha value is -2.40. The maximum absolute atomic E-state index is 11.8. The first-order valence-corrected chi connectivity index (χ1v) is 8.03. The Morgan fingerprint density at radius 1 is 1.23 bits per heavy atom. The average Bonchev–Trinajstić information content (AvgIpc) is 3.21. The SMILES string of the molecule is O=C(O)c1c2c(nn1CC(O)Cn1ccnc1)-c1ccncc1CC2.[LiH]. The fourth-order valence-corrected chi connectivity index (χ4v) is 3.34. The van der Waals surface area contributed by atoms with Crippen LogP contribution in [0.25, 0.3) is 11.3 Å². The third-order valence-electron chi connectivity index (χ3n) is 4.42. The fourth-order valence-electron chi connectivity index (χ4n) is 3.34. The first-order valence-electron chi connectivity index (χ1n) is 8.03. The van der Waals surface area contributed by atoms with Crippen molar-refractivity contribution in [2.24, 2.45) is 0 Å². The molecule has 0 saturated heterocycles. The number of fused-ring (bicyclic) bond motifs is 3. The summed E-state index contributed by atoms with van der Waals surface area (Å²) >= 11 is 0. The predicted molar refractivity (Wildman–Crippen MR) is 95.2 cm³/mol. The summed E-state index contributed by atoms with van der Waals surface area (Å²) in [5.74, 6) is -1.03. The topological polar surface area (TPSA) is 106 Å². The molecule has 3 aromatic heterocycles. The van der Waals surface area contributed by atoms with Gasteiger partial charge >= 0.3 is 24.8 Å². The van der Waals surface area contributed by atoms with Crippen LogP contribution in [0.3, 0.4) is 0 Å². The molecule has 8 nitrogen and oxygen atoms in total. The first-order chi connectivity index (χ1) is 12.1. The molecule has 130 valence electrons. The van der Waals surface area contributed by atoms with Crippen molar-refractivity contribution in [3.63, 3.8) is 0 Å². The van der Waals surface area contributed by atoms with Gasteiger partial charge in [0.2, 0.25) is 0 Å². The normalized spacial score (nSPS) is 13.4. The van der Waals surface area contributed by atoms with Crippen LogP contribution < -0.4 is 0 Å². The Morgan fingerprint density at radius 3 is 2.81 bits per heavy atom. The number of aryl methyl sites for hydroxylation is 1. The Kier molecular flexibility index (Phi) is 5.27. The van der Waals surface area contributed by atoms with Gasteiger partial charge in [-0.3, -0.25) is 9.67 Å². The molecule has 0 aromatic carbocycles. The molecule has 3 aromatic rings. The second-order valence-electron chi connectivity index (χ2n) is 6.11. The summed E-state index contributed by atoms with van der Waals surface area (Å²) in [6.45, 7) is 0.428. The molecule has 1 aliphatic carbocycles. The average molecular weight is 347 g/mol. The standard InChI is InChI=1S/C17H17N5O3.Li.H/c23-12(8-21-6-5-19-10-21)9-22-16(17(24)25)14-2-1-11-7-18-4-3-13(11)15(14)20-22;;/h3-7,10,12,23H,1-2,8-9H2,(H,24,25);;. The van der Waals surface area contributed by atoms with Crippen LogP contribution in [0.1, 0.15) is 21.6 Å². The zero-order valence-corrected chi connectivity index (χ0v) is 13.4. The van der Waals surface area contributed by atoms with Crippen molar-refractivity contribution >= 4 is 24.8 Å². The monoisotopic (exact) mass is 347 g/mol. The van der Waals surface area contributed by atoms with Gasteiger partial charge in [0.15, 0.2) is 0 Å². The van der Waals surface area contributed by atoms with Gasteiger partial charge in [-0.15, -0.1) is 0 Å². The van der Waals surface area contributed by atoms with Crippen molar-refractivity contribution in [2.45, 2.75) is 32.0 Å². The Balaban J connectivity index is 0.00000196. The molecule has 0 spiro atoms. The first kappa shape index (κ1) is 18.4. The van der Waals surface area contributed by atoms with Crippen LogP contribution in [-0.4, -0.2) is 65.5 Å². The fraction of sp³-hybridized carbons (Fsp3) is 0.294. The van der Waals surface area contributed by atoms with Crippen molar-refractivity contribution in [2.75, 3.05) is 0 Å². The number of carboxylic acids is 1. The van der Waals surface area contributed by atoms with E-state index < -0.39 is 12.1 Å². The van der Waals surface area contributed by atoms with E-state index in [1.165, 1.54) is 4.68 Å². The predicted octanol–water partition coefficient (Wildman–Crippen LogP) is 0.351. The number of aromatic carboxylic acids is 1. The maximum atomic E-state index is 11.8. The number of imidazole rings is 1. The number of hydrogen-bond donors (Lipinski definition) is 2. The van der Waals surface area contributed by atoms with Gasteiger partial charge in [0.05, 0.1) is 31.2 Å². The van der Waals surface area contributed by atoms with Crippen LogP contribution in [0.5, 0.6) is 0 Å². The Labute approximate surface area is 161 Å². The number of nitrogens with zero attached hydrogens (tertiary/aromatic N) is 5. The number of rotatable bonds is 5. The zero-order chi connectivity index (χ0) is 17.4. The molecule has 9 heteroatoms. The van der Waals surface area contributed by atoms with Crippen LogP contribution in [0.15, 0.2) is 37.2 Å². The summed E-state index contributed by atoms with van der Waals surface area (Å²) < 4.78 is 3.15. The molecule has 0 radical (unpaired) electrons. The molecule has 4 rings (SSSR count). The number of aliphatic hydroxyl groups is 1. The van der Waals surface area contributed by atoms with Crippen LogP contribution in [0.4, 0.5) is 0 Å². The van der Waals surface area contributed by atoms with Crippen molar-refractivity contribution in [1.82, 2.24) is 24.3 Å². The molecule has 0 bridgehead atoms. The molecule has 1 aliphatic rings. The van der Waals surface area contributed by atoms with E-state index in [2.05, 4.69) is 15.1 Å². The third kappa shape index (κ3) is 3.31. The van der Waals surface area contributed by atoms with E-state index in [0.717, 1.165) is 23.1 Å². The van der Waals surface area contributed by atoms with Gasteiger partial charge in [0, 0.05) is 35.9 Å². The van der Waals surface area contributed by atoms with Crippen LogP contribution in [-0.2, 0) is 25.9 Å². The van der Waals surface area contributed by atoms with E-state index in [9.17, 15) is 15.0 Å². The molecule has 26 heavy (non-hydrogen) atoms. The molecule has 1 unspecified atom stereocenters. The summed E-state index contributed by atoms with van der Waals surface area (Å²) in [6, 6.07) is 1.86. The summed E-state index contributed by atoms with van der Waals surface area (Å²) in [4.78, 5) is 19.9. The van der Waals surface area contributed by atoms with E-state index in [1.807, 2.05) is 6.07 Å². The molecule has 0 amide bonds. The summed E-state index contributed by atoms with van der Waals surface area (Å²) in [5, 5.41) is 24.5. The molecule has 0 aliphatic heterocycles. The van der Waals surface area contributed by atoms with Crippen LogP contribution in [0.2, 0.25) is 0 Å².